The molecule has 0 aliphatic carbocycles. The number of aryl methyl sites for hydroxylation is 1. The average molecular weight is 414 g/mol. The highest BCUT2D eigenvalue weighted by Gasteiger charge is 2.38. The van der Waals surface area contributed by atoms with Crippen molar-refractivity contribution in [2.75, 3.05) is 18.0 Å². The minimum atomic E-state index is -4.64. The van der Waals surface area contributed by atoms with Crippen LogP contribution in [0.15, 0.2) is 0 Å². The van der Waals surface area contributed by atoms with Crippen molar-refractivity contribution in [1.82, 2.24) is 25.1 Å². The molecule has 29 heavy (non-hydrogen) atoms. The summed E-state index contributed by atoms with van der Waals surface area (Å²) in [6.07, 6.45) is -3.85. The molecule has 1 aliphatic heterocycles. The third-order valence-corrected chi connectivity index (χ3v) is 4.84. The fraction of sp³-hybridized carbons (Fsp3) is 0.667. The number of anilines is 1. The van der Waals surface area contributed by atoms with E-state index in [1.165, 1.54) is 0 Å². The van der Waals surface area contributed by atoms with Gasteiger partial charge in [-0.2, -0.15) is 17.7 Å². The number of piperidine rings is 1. The molecule has 1 fully saturated rings. The summed E-state index contributed by atoms with van der Waals surface area (Å²) in [5.74, 6) is -0.672. The van der Waals surface area contributed by atoms with Crippen molar-refractivity contribution in [3.8, 4) is 0 Å². The van der Waals surface area contributed by atoms with Crippen LogP contribution in [0.3, 0.4) is 0 Å². The van der Waals surface area contributed by atoms with Gasteiger partial charge in [-0.05, 0) is 47.5 Å². The van der Waals surface area contributed by atoms with Crippen LogP contribution in [0, 0.1) is 13.8 Å². The monoisotopic (exact) mass is 414 g/mol. The zero-order valence-corrected chi connectivity index (χ0v) is 17.1. The first-order valence-corrected chi connectivity index (χ1v) is 9.41. The van der Waals surface area contributed by atoms with Crippen molar-refractivity contribution in [3.05, 3.63) is 17.0 Å². The van der Waals surface area contributed by atoms with Gasteiger partial charge in [0.15, 0.2) is 11.5 Å². The first kappa shape index (κ1) is 21.1. The number of fused-ring (bicyclic) bond motifs is 1. The van der Waals surface area contributed by atoms with Gasteiger partial charge in [-0.15, -0.1) is 15.3 Å². The van der Waals surface area contributed by atoms with E-state index in [1.807, 2.05) is 11.8 Å². The number of nitrogens with one attached hydrogen (secondary N) is 1. The summed E-state index contributed by atoms with van der Waals surface area (Å²) in [4.78, 5) is 13.9. The molecule has 2 aromatic heterocycles. The average Bonchev–Trinajstić information content (AvgIpc) is 3.01. The molecular weight excluding hydrogens is 389 g/mol. The van der Waals surface area contributed by atoms with Gasteiger partial charge in [-0.25, -0.2) is 4.79 Å². The number of carbonyl (C=O) groups is 1. The summed E-state index contributed by atoms with van der Waals surface area (Å²) >= 11 is 0. The van der Waals surface area contributed by atoms with Gasteiger partial charge in [-0.3, -0.25) is 0 Å². The first-order chi connectivity index (χ1) is 13.4. The van der Waals surface area contributed by atoms with Gasteiger partial charge in [0.1, 0.15) is 5.60 Å². The molecule has 1 aliphatic rings. The third-order valence-electron chi connectivity index (χ3n) is 4.84. The van der Waals surface area contributed by atoms with Gasteiger partial charge in [0, 0.05) is 30.3 Å². The van der Waals surface area contributed by atoms with Crippen LogP contribution in [0.1, 0.15) is 50.6 Å². The maximum absolute atomic E-state index is 13.2. The van der Waals surface area contributed by atoms with Crippen molar-refractivity contribution in [3.63, 3.8) is 0 Å². The molecule has 160 valence electrons. The molecule has 1 N–H and O–H groups in total. The zero-order valence-electron chi connectivity index (χ0n) is 17.1. The molecule has 1 amide bonds. The number of aromatic nitrogens is 4. The number of alkyl carbamates (subject to hydrolysis) is 1. The van der Waals surface area contributed by atoms with E-state index in [0.717, 1.165) is 10.1 Å². The Bertz CT molecular complexity index is 911. The highest BCUT2D eigenvalue weighted by Crippen LogP contribution is 2.31. The second-order valence-corrected chi connectivity index (χ2v) is 8.24. The summed E-state index contributed by atoms with van der Waals surface area (Å²) in [5, 5.41) is 14.0. The molecule has 3 heterocycles. The molecule has 3 rings (SSSR count). The van der Waals surface area contributed by atoms with Crippen LogP contribution in [0.4, 0.5) is 23.8 Å². The van der Waals surface area contributed by atoms with Gasteiger partial charge in [-0.1, -0.05) is 0 Å². The topological polar surface area (TPSA) is 84.7 Å². The van der Waals surface area contributed by atoms with E-state index in [2.05, 4.69) is 20.6 Å². The molecule has 1 saturated heterocycles. The summed E-state index contributed by atoms with van der Waals surface area (Å²) in [7, 11) is 0. The molecule has 0 unspecified atom stereocenters. The number of carbonyl (C=O) groups excluding carboxylic acids is 1. The summed E-state index contributed by atoms with van der Waals surface area (Å²) in [6.45, 7) is 9.99. The lowest BCUT2D eigenvalue weighted by Gasteiger charge is -2.34. The predicted octanol–water partition coefficient (Wildman–Crippen LogP) is 3.25. The highest BCUT2D eigenvalue weighted by atomic mass is 19.4. The summed E-state index contributed by atoms with van der Waals surface area (Å²) in [6, 6.07) is -0.0631. The SMILES string of the molecule is Cc1c(N2CCC(NC(=O)OC(C)(C)C)CC2)nn2c(C(F)(F)F)nnc2c1C. The second-order valence-electron chi connectivity index (χ2n) is 8.24. The normalized spacial score (nSPS) is 16.3. The van der Waals surface area contributed by atoms with E-state index < -0.39 is 23.7 Å². The Labute approximate surface area is 166 Å². The standard InChI is InChI=1S/C18H25F3N6O2/c1-10-11(2)14(25-27-13(10)23-24-15(27)18(19,20)21)26-8-6-12(7-9-26)22-16(28)29-17(3,4)5/h12H,6-9H2,1-5H3,(H,22,28). The van der Waals surface area contributed by atoms with Crippen LogP contribution in [-0.2, 0) is 10.9 Å². The predicted molar refractivity (Wildman–Crippen MR) is 99.9 cm³/mol. The minimum Gasteiger partial charge on any atom is -0.444 e. The molecule has 0 radical (unpaired) electrons. The molecule has 0 bridgehead atoms. The van der Waals surface area contributed by atoms with Crippen molar-refractivity contribution in [1.29, 1.82) is 0 Å². The quantitative estimate of drug-likeness (QED) is 0.812. The van der Waals surface area contributed by atoms with E-state index >= 15 is 0 Å². The number of hydrogen-bond acceptors (Lipinski definition) is 6. The van der Waals surface area contributed by atoms with Crippen LogP contribution in [0.5, 0.6) is 0 Å². The number of alkyl halides is 3. The van der Waals surface area contributed by atoms with Crippen molar-refractivity contribution >= 4 is 17.6 Å². The van der Waals surface area contributed by atoms with Crippen molar-refractivity contribution < 1.29 is 22.7 Å². The number of halogens is 3. The lowest BCUT2D eigenvalue weighted by Crippen LogP contribution is -2.46. The Kier molecular flexibility index (Phi) is 5.35. The Morgan fingerprint density at radius 1 is 1.10 bits per heavy atom. The van der Waals surface area contributed by atoms with Crippen LogP contribution >= 0.6 is 0 Å². The van der Waals surface area contributed by atoms with E-state index in [-0.39, 0.29) is 11.7 Å². The summed E-state index contributed by atoms with van der Waals surface area (Å²) < 4.78 is 45.7. The summed E-state index contributed by atoms with van der Waals surface area (Å²) in [5.41, 5.74) is 0.887. The van der Waals surface area contributed by atoms with Crippen LogP contribution in [0.25, 0.3) is 5.65 Å². The molecule has 0 atom stereocenters. The van der Waals surface area contributed by atoms with E-state index in [9.17, 15) is 18.0 Å². The highest BCUT2D eigenvalue weighted by molar-refractivity contribution is 5.68. The first-order valence-electron chi connectivity index (χ1n) is 9.41. The number of rotatable bonds is 2. The Hall–Kier alpha value is -2.59. The number of ether oxygens (including phenoxy) is 1. The van der Waals surface area contributed by atoms with Gasteiger partial charge in [0.2, 0.25) is 0 Å². The molecular formula is C18H25F3N6O2. The second kappa shape index (κ2) is 7.34. The zero-order chi connectivity index (χ0) is 21.6. The maximum Gasteiger partial charge on any atom is 0.453 e. The lowest BCUT2D eigenvalue weighted by atomic mass is 10.0. The third kappa shape index (κ3) is 4.54. The Morgan fingerprint density at radius 3 is 2.28 bits per heavy atom. The van der Waals surface area contributed by atoms with Gasteiger partial charge < -0.3 is 15.0 Å². The van der Waals surface area contributed by atoms with Gasteiger partial charge in [0.25, 0.3) is 5.82 Å². The van der Waals surface area contributed by atoms with E-state index in [0.29, 0.717) is 37.3 Å². The van der Waals surface area contributed by atoms with Crippen LogP contribution < -0.4 is 10.2 Å². The molecule has 0 aromatic carbocycles. The fourth-order valence-electron chi connectivity index (χ4n) is 3.30. The molecule has 11 heteroatoms. The van der Waals surface area contributed by atoms with E-state index in [4.69, 9.17) is 4.74 Å². The maximum atomic E-state index is 13.2. The fourth-order valence-corrected chi connectivity index (χ4v) is 3.30. The minimum absolute atomic E-state index is 0.0631. The van der Waals surface area contributed by atoms with E-state index in [1.54, 1.807) is 27.7 Å². The van der Waals surface area contributed by atoms with Crippen molar-refractivity contribution in [2.24, 2.45) is 0 Å². The Morgan fingerprint density at radius 2 is 1.72 bits per heavy atom. The molecule has 8 nitrogen and oxygen atoms in total. The van der Waals surface area contributed by atoms with Gasteiger partial charge in [0.05, 0.1) is 0 Å². The number of amides is 1. The lowest BCUT2D eigenvalue weighted by molar-refractivity contribution is -0.146. The molecule has 2 aromatic rings. The van der Waals surface area contributed by atoms with Gasteiger partial charge >= 0.3 is 12.3 Å². The Balaban J connectivity index is 1.77. The van der Waals surface area contributed by atoms with Crippen LogP contribution in [0.2, 0.25) is 0 Å². The number of hydrogen-bond donors (Lipinski definition) is 1. The smallest absolute Gasteiger partial charge is 0.444 e. The van der Waals surface area contributed by atoms with Crippen molar-refractivity contribution in [2.45, 2.75) is 65.3 Å². The largest absolute Gasteiger partial charge is 0.453 e. The molecule has 0 saturated carbocycles. The van der Waals surface area contributed by atoms with Crippen LogP contribution in [-0.4, -0.2) is 50.6 Å². The number of nitrogens with zero attached hydrogens (tertiary/aromatic N) is 5. The molecule has 0 spiro atoms.